The van der Waals surface area contributed by atoms with Crippen molar-refractivity contribution in [2.45, 2.75) is 26.7 Å². The first-order valence-corrected chi connectivity index (χ1v) is 7.03. The van der Waals surface area contributed by atoms with Crippen molar-refractivity contribution in [2.75, 3.05) is 47.1 Å². The van der Waals surface area contributed by atoms with Crippen LogP contribution in [0.5, 0.6) is 0 Å². The van der Waals surface area contributed by atoms with Gasteiger partial charge >= 0.3 is 0 Å². The molecule has 0 bridgehead atoms. The van der Waals surface area contributed by atoms with Gasteiger partial charge in [-0.25, -0.2) is 0 Å². The predicted octanol–water partition coefficient (Wildman–Crippen LogP) is 1.12. The molecule has 0 aliphatic rings. The van der Waals surface area contributed by atoms with Crippen molar-refractivity contribution in [2.24, 2.45) is 17.6 Å². The molecular formula is C14H30N2O3. The van der Waals surface area contributed by atoms with Gasteiger partial charge in [0.2, 0.25) is 5.91 Å². The van der Waals surface area contributed by atoms with Crippen LogP contribution in [0.4, 0.5) is 0 Å². The lowest BCUT2D eigenvalue weighted by Crippen LogP contribution is -2.42. The lowest BCUT2D eigenvalue weighted by Gasteiger charge is -2.27. The molecule has 0 radical (unpaired) electrons. The summed E-state index contributed by atoms with van der Waals surface area (Å²) in [5, 5.41) is 0. The largest absolute Gasteiger partial charge is 0.385 e. The average molecular weight is 274 g/mol. The van der Waals surface area contributed by atoms with Gasteiger partial charge < -0.3 is 20.1 Å². The second-order valence-corrected chi connectivity index (χ2v) is 5.23. The van der Waals surface area contributed by atoms with E-state index in [-0.39, 0.29) is 11.8 Å². The maximum Gasteiger partial charge on any atom is 0.227 e. The van der Waals surface area contributed by atoms with Crippen LogP contribution in [-0.2, 0) is 14.3 Å². The number of carbonyl (C=O) groups is 1. The molecule has 0 saturated heterocycles. The quantitative estimate of drug-likeness (QED) is 0.573. The number of rotatable bonds is 11. The summed E-state index contributed by atoms with van der Waals surface area (Å²) in [6.07, 6.45) is 1.67. The highest BCUT2D eigenvalue weighted by atomic mass is 16.5. The van der Waals surface area contributed by atoms with Gasteiger partial charge in [-0.2, -0.15) is 0 Å². The van der Waals surface area contributed by atoms with Crippen LogP contribution in [0.15, 0.2) is 0 Å². The third-order valence-electron chi connectivity index (χ3n) is 3.04. The standard InChI is InChI=1S/C14H30N2O3/c1-12(2)10-13(11-15)14(17)16(7-9-19-4)6-5-8-18-3/h12-13H,5-11,15H2,1-4H3. The third kappa shape index (κ3) is 8.18. The van der Waals surface area contributed by atoms with Crippen molar-refractivity contribution < 1.29 is 14.3 Å². The lowest BCUT2D eigenvalue weighted by atomic mass is 9.96. The van der Waals surface area contributed by atoms with Crippen molar-refractivity contribution in [3.8, 4) is 0 Å². The Balaban J connectivity index is 4.46. The van der Waals surface area contributed by atoms with Crippen LogP contribution >= 0.6 is 0 Å². The number of ether oxygens (including phenoxy) is 2. The molecule has 5 heteroatoms. The summed E-state index contributed by atoms with van der Waals surface area (Å²) < 4.78 is 10.1. The summed E-state index contributed by atoms with van der Waals surface area (Å²) in [5.41, 5.74) is 5.74. The van der Waals surface area contributed by atoms with Gasteiger partial charge in [0.15, 0.2) is 0 Å². The van der Waals surface area contributed by atoms with Gasteiger partial charge in [0.05, 0.1) is 12.5 Å². The maximum atomic E-state index is 12.5. The van der Waals surface area contributed by atoms with E-state index in [0.717, 1.165) is 12.8 Å². The van der Waals surface area contributed by atoms with Gasteiger partial charge in [0, 0.05) is 40.5 Å². The minimum absolute atomic E-state index is 0.0839. The molecule has 0 aliphatic heterocycles. The molecule has 1 amide bonds. The number of nitrogens with zero attached hydrogens (tertiary/aromatic N) is 1. The Morgan fingerprint density at radius 3 is 2.26 bits per heavy atom. The first-order chi connectivity index (χ1) is 9.06. The highest BCUT2D eigenvalue weighted by Gasteiger charge is 2.23. The van der Waals surface area contributed by atoms with Crippen molar-refractivity contribution in [1.82, 2.24) is 4.90 Å². The topological polar surface area (TPSA) is 64.8 Å². The zero-order valence-electron chi connectivity index (χ0n) is 12.9. The Labute approximate surface area is 117 Å². The Morgan fingerprint density at radius 1 is 1.16 bits per heavy atom. The van der Waals surface area contributed by atoms with Gasteiger partial charge in [-0.05, 0) is 18.8 Å². The van der Waals surface area contributed by atoms with Crippen LogP contribution in [0.2, 0.25) is 0 Å². The van der Waals surface area contributed by atoms with Crippen LogP contribution in [0.1, 0.15) is 26.7 Å². The van der Waals surface area contributed by atoms with Crippen LogP contribution in [0.25, 0.3) is 0 Å². The number of nitrogens with two attached hydrogens (primary N) is 1. The molecule has 0 aliphatic carbocycles. The summed E-state index contributed by atoms with van der Waals surface area (Å²) >= 11 is 0. The van der Waals surface area contributed by atoms with E-state index in [1.54, 1.807) is 14.2 Å². The van der Waals surface area contributed by atoms with Crippen LogP contribution in [-0.4, -0.2) is 57.9 Å². The Bertz CT molecular complexity index is 235. The summed E-state index contributed by atoms with van der Waals surface area (Å²) in [4.78, 5) is 14.3. The summed E-state index contributed by atoms with van der Waals surface area (Å²) in [5.74, 6) is 0.532. The Hall–Kier alpha value is -0.650. The monoisotopic (exact) mass is 274 g/mol. The first-order valence-electron chi connectivity index (χ1n) is 7.03. The van der Waals surface area contributed by atoms with E-state index in [1.807, 2.05) is 4.90 Å². The molecule has 0 fully saturated rings. The van der Waals surface area contributed by atoms with E-state index in [2.05, 4.69) is 13.8 Å². The molecule has 1 unspecified atom stereocenters. The van der Waals surface area contributed by atoms with Gasteiger partial charge in [-0.1, -0.05) is 13.8 Å². The minimum atomic E-state index is -0.0839. The highest BCUT2D eigenvalue weighted by molar-refractivity contribution is 5.79. The van der Waals surface area contributed by atoms with E-state index in [1.165, 1.54) is 0 Å². The number of hydrogen-bond acceptors (Lipinski definition) is 4. The molecule has 0 aromatic carbocycles. The van der Waals surface area contributed by atoms with Crippen molar-refractivity contribution >= 4 is 5.91 Å². The van der Waals surface area contributed by atoms with Crippen LogP contribution < -0.4 is 5.73 Å². The SMILES string of the molecule is COCCCN(CCOC)C(=O)C(CN)CC(C)C. The second kappa shape index (κ2) is 11.2. The molecule has 0 heterocycles. The molecule has 114 valence electrons. The molecule has 2 N–H and O–H groups in total. The van der Waals surface area contributed by atoms with Gasteiger partial charge in [-0.15, -0.1) is 0 Å². The molecule has 1 atom stereocenters. The number of amides is 1. The fourth-order valence-corrected chi connectivity index (χ4v) is 2.06. The van der Waals surface area contributed by atoms with Crippen LogP contribution in [0, 0.1) is 11.8 Å². The van der Waals surface area contributed by atoms with Crippen molar-refractivity contribution in [3.63, 3.8) is 0 Å². The molecule has 0 rings (SSSR count). The van der Waals surface area contributed by atoms with E-state index in [4.69, 9.17) is 15.2 Å². The summed E-state index contributed by atoms with van der Waals surface area (Å²) in [6.45, 7) is 7.16. The third-order valence-corrected chi connectivity index (χ3v) is 3.04. The summed E-state index contributed by atoms with van der Waals surface area (Å²) in [7, 11) is 3.31. The Kier molecular flexibility index (Phi) is 10.8. The zero-order chi connectivity index (χ0) is 14.7. The molecule has 0 aromatic heterocycles. The van der Waals surface area contributed by atoms with Crippen LogP contribution in [0.3, 0.4) is 0 Å². The fraction of sp³-hybridized carbons (Fsp3) is 0.929. The Morgan fingerprint density at radius 2 is 1.79 bits per heavy atom. The lowest BCUT2D eigenvalue weighted by molar-refractivity contribution is -0.136. The van der Waals surface area contributed by atoms with E-state index in [9.17, 15) is 4.79 Å². The molecule has 0 saturated carbocycles. The average Bonchev–Trinajstić information content (AvgIpc) is 2.39. The molecule has 0 aromatic rings. The zero-order valence-corrected chi connectivity index (χ0v) is 12.9. The second-order valence-electron chi connectivity index (χ2n) is 5.23. The molecular weight excluding hydrogens is 244 g/mol. The molecule has 0 spiro atoms. The predicted molar refractivity (Wildman–Crippen MR) is 76.9 cm³/mol. The normalized spacial score (nSPS) is 12.7. The van der Waals surface area contributed by atoms with Gasteiger partial charge in [0.1, 0.15) is 0 Å². The number of hydrogen-bond donors (Lipinski definition) is 1. The summed E-state index contributed by atoms with van der Waals surface area (Å²) in [6, 6.07) is 0. The van der Waals surface area contributed by atoms with Crippen molar-refractivity contribution in [3.05, 3.63) is 0 Å². The minimum Gasteiger partial charge on any atom is -0.385 e. The van der Waals surface area contributed by atoms with Gasteiger partial charge in [0.25, 0.3) is 0 Å². The molecule has 19 heavy (non-hydrogen) atoms. The smallest absolute Gasteiger partial charge is 0.227 e. The van der Waals surface area contributed by atoms with E-state index in [0.29, 0.717) is 38.8 Å². The van der Waals surface area contributed by atoms with E-state index < -0.39 is 0 Å². The maximum absolute atomic E-state index is 12.5. The van der Waals surface area contributed by atoms with E-state index >= 15 is 0 Å². The fourth-order valence-electron chi connectivity index (χ4n) is 2.06. The highest BCUT2D eigenvalue weighted by Crippen LogP contribution is 2.14. The number of methoxy groups -OCH3 is 2. The van der Waals surface area contributed by atoms with Crippen molar-refractivity contribution in [1.29, 1.82) is 0 Å². The van der Waals surface area contributed by atoms with Gasteiger partial charge in [-0.3, -0.25) is 4.79 Å². The number of carbonyl (C=O) groups excluding carboxylic acids is 1. The first kappa shape index (κ1) is 18.4. The molecule has 5 nitrogen and oxygen atoms in total.